The van der Waals surface area contributed by atoms with Gasteiger partial charge in [0.15, 0.2) is 23.1 Å². The van der Waals surface area contributed by atoms with Crippen molar-refractivity contribution in [2.24, 2.45) is 0 Å². The summed E-state index contributed by atoms with van der Waals surface area (Å²) in [4.78, 5) is 15.8. The van der Waals surface area contributed by atoms with Crippen LogP contribution in [-0.2, 0) is 0 Å². The zero-order valence-electron chi connectivity index (χ0n) is 36.8. The fraction of sp³-hybridized carbons (Fsp3) is 0. The summed E-state index contributed by atoms with van der Waals surface area (Å²) in [5, 5.41) is 4.40. The first-order valence-electron chi connectivity index (χ1n) is 22.9. The van der Waals surface area contributed by atoms with E-state index in [-0.39, 0.29) is 0 Å². The van der Waals surface area contributed by atoms with Crippen LogP contribution in [0.2, 0.25) is 0 Å². The van der Waals surface area contributed by atoms with E-state index in [1.54, 1.807) is 0 Å². The van der Waals surface area contributed by atoms with Crippen LogP contribution in [0, 0.1) is 0 Å². The van der Waals surface area contributed by atoms with Gasteiger partial charge >= 0.3 is 0 Å². The van der Waals surface area contributed by atoms with Gasteiger partial charge in [0.05, 0.1) is 11.0 Å². The van der Waals surface area contributed by atoms with Gasteiger partial charge in [-0.05, 0) is 75.3 Å². The molecule has 0 atom stereocenters. The lowest BCUT2D eigenvalue weighted by atomic mass is 9.88. The summed E-state index contributed by atoms with van der Waals surface area (Å²) in [5.41, 5.74) is 16.1. The number of nitrogens with zero attached hydrogens (tertiary/aromatic N) is 4. The van der Waals surface area contributed by atoms with E-state index in [1.807, 2.05) is 36.4 Å². The SMILES string of the molecule is c1ccc(-c2ccc(-c3ccccc3)c(-c3ccc(-c4cccc5c4oc4c5ccc5c6ccccc6n(-c6ccccc6)c54)c(-c4nc(-c5ccccc5)nc(-c5ccccc5)n4)c3)c2)cc1. The smallest absolute Gasteiger partial charge is 0.164 e. The largest absolute Gasteiger partial charge is 0.453 e. The van der Waals surface area contributed by atoms with E-state index >= 15 is 0 Å². The molecule has 0 radical (unpaired) electrons. The summed E-state index contributed by atoms with van der Waals surface area (Å²) in [7, 11) is 0. The molecule has 0 aliphatic carbocycles. The highest BCUT2D eigenvalue weighted by molar-refractivity contribution is 6.22. The maximum atomic E-state index is 7.30. The van der Waals surface area contributed by atoms with Crippen LogP contribution in [0.3, 0.4) is 0 Å². The minimum atomic E-state index is 0.565. The van der Waals surface area contributed by atoms with Crippen molar-refractivity contribution in [2.45, 2.75) is 0 Å². The minimum absolute atomic E-state index is 0.565. The minimum Gasteiger partial charge on any atom is -0.453 e. The maximum Gasteiger partial charge on any atom is 0.164 e. The predicted molar refractivity (Wildman–Crippen MR) is 279 cm³/mol. The Balaban J connectivity index is 1.10. The molecule has 13 rings (SSSR count). The van der Waals surface area contributed by atoms with E-state index in [0.717, 1.165) is 105 Å². The topological polar surface area (TPSA) is 56.7 Å². The Bertz CT molecular complexity index is 3940. The van der Waals surface area contributed by atoms with E-state index in [0.29, 0.717) is 17.5 Å². The van der Waals surface area contributed by atoms with Crippen molar-refractivity contribution in [3.8, 4) is 84.4 Å². The number of hydrogen-bond acceptors (Lipinski definition) is 4. The summed E-state index contributed by atoms with van der Waals surface area (Å²) >= 11 is 0. The average Bonchev–Trinajstić information content (AvgIpc) is 3.98. The van der Waals surface area contributed by atoms with Crippen molar-refractivity contribution >= 4 is 43.7 Å². The highest BCUT2D eigenvalue weighted by Gasteiger charge is 2.24. The quantitative estimate of drug-likeness (QED) is 0.153. The van der Waals surface area contributed by atoms with Crippen LogP contribution in [0.4, 0.5) is 0 Å². The summed E-state index contributed by atoms with van der Waals surface area (Å²) in [5.74, 6) is 1.76. The molecule has 5 heteroatoms. The van der Waals surface area contributed by atoms with E-state index in [2.05, 4.69) is 211 Å². The number of aromatic nitrogens is 4. The second kappa shape index (κ2) is 16.4. The third-order valence-electron chi connectivity index (χ3n) is 13.1. The van der Waals surface area contributed by atoms with Crippen molar-refractivity contribution in [3.63, 3.8) is 0 Å². The monoisotopic (exact) mass is 868 g/mol. The average molecular weight is 869 g/mol. The molecule has 10 aromatic carbocycles. The third-order valence-corrected chi connectivity index (χ3v) is 13.1. The molecule has 3 aromatic heterocycles. The van der Waals surface area contributed by atoms with Crippen molar-refractivity contribution in [1.29, 1.82) is 0 Å². The van der Waals surface area contributed by atoms with Crippen molar-refractivity contribution in [3.05, 3.63) is 243 Å². The van der Waals surface area contributed by atoms with Gasteiger partial charge in [0, 0.05) is 49.5 Å². The number of hydrogen-bond donors (Lipinski definition) is 0. The van der Waals surface area contributed by atoms with Crippen LogP contribution < -0.4 is 0 Å². The van der Waals surface area contributed by atoms with Crippen molar-refractivity contribution in [1.82, 2.24) is 19.5 Å². The molecule has 0 unspecified atom stereocenters. The predicted octanol–water partition coefficient (Wildman–Crippen LogP) is 16.5. The Labute approximate surface area is 392 Å². The molecule has 3 heterocycles. The normalized spacial score (nSPS) is 11.5. The Morgan fingerprint density at radius 1 is 0.279 bits per heavy atom. The van der Waals surface area contributed by atoms with Gasteiger partial charge < -0.3 is 8.98 Å². The highest BCUT2D eigenvalue weighted by Crippen LogP contribution is 2.46. The van der Waals surface area contributed by atoms with E-state index in [9.17, 15) is 0 Å². The number of rotatable bonds is 8. The molecule has 0 spiro atoms. The molecule has 0 amide bonds. The van der Waals surface area contributed by atoms with Gasteiger partial charge in [0.1, 0.15) is 5.58 Å². The van der Waals surface area contributed by atoms with E-state index in [4.69, 9.17) is 19.4 Å². The molecule has 0 aliphatic heterocycles. The Morgan fingerprint density at radius 2 is 0.794 bits per heavy atom. The van der Waals surface area contributed by atoms with Gasteiger partial charge in [0.2, 0.25) is 0 Å². The lowest BCUT2D eigenvalue weighted by Gasteiger charge is -2.17. The number of fused-ring (bicyclic) bond motifs is 7. The molecular formula is C63H40N4O. The molecule has 0 N–H and O–H groups in total. The molecule has 0 saturated heterocycles. The van der Waals surface area contributed by atoms with Crippen LogP contribution in [0.5, 0.6) is 0 Å². The Kier molecular flexibility index (Phi) is 9.43. The maximum absolute atomic E-state index is 7.30. The lowest BCUT2D eigenvalue weighted by molar-refractivity contribution is 0.672. The van der Waals surface area contributed by atoms with Gasteiger partial charge in [-0.25, -0.2) is 15.0 Å². The number of para-hydroxylation sites is 3. The van der Waals surface area contributed by atoms with Crippen molar-refractivity contribution < 1.29 is 4.42 Å². The Morgan fingerprint density at radius 3 is 1.49 bits per heavy atom. The van der Waals surface area contributed by atoms with Crippen molar-refractivity contribution in [2.75, 3.05) is 0 Å². The molecule has 0 aliphatic rings. The molecular weight excluding hydrogens is 829 g/mol. The molecule has 13 aromatic rings. The van der Waals surface area contributed by atoms with Crippen LogP contribution in [0.1, 0.15) is 0 Å². The summed E-state index contributed by atoms with van der Waals surface area (Å²) < 4.78 is 9.64. The summed E-state index contributed by atoms with van der Waals surface area (Å²) in [6.07, 6.45) is 0. The molecule has 0 fully saturated rings. The number of benzene rings is 10. The zero-order valence-corrected chi connectivity index (χ0v) is 36.8. The van der Waals surface area contributed by atoms with E-state index in [1.165, 1.54) is 5.39 Å². The highest BCUT2D eigenvalue weighted by atomic mass is 16.3. The first kappa shape index (κ1) is 39.2. The fourth-order valence-electron chi connectivity index (χ4n) is 9.88. The second-order valence-electron chi connectivity index (χ2n) is 17.1. The lowest BCUT2D eigenvalue weighted by Crippen LogP contribution is -2.01. The van der Waals surface area contributed by atoms with Gasteiger partial charge in [0.25, 0.3) is 0 Å². The first-order chi connectivity index (χ1) is 33.7. The number of furan rings is 1. The molecule has 0 saturated carbocycles. The van der Waals surface area contributed by atoms with E-state index < -0.39 is 0 Å². The first-order valence-corrected chi connectivity index (χ1v) is 22.9. The van der Waals surface area contributed by atoms with Crippen LogP contribution in [0.15, 0.2) is 247 Å². The molecule has 5 nitrogen and oxygen atoms in total. The van der Waals surface area contributed by atoms with Gasteiger partial charge in [-0.15, -0.1) is 0 Å². The van der Waals surface area contributed by atoms with Gasteiger partial charge in [-0.3, -0.25) is 0 Å². The molecule has 68 heavy (non-hydrogen) atoms. The molecule has 318 valence electrons. The second-order valence-corrected chi connectivity index (χ2v) is 17.1. The molecule has 0 bridgehead atoms. The summed E-state index contributed by atoms with van der Waals surface area (Å²) in [6.45, 7) is 0. The van der Waals surface area contributed by atoms with Crippen LogP contribution in [0.25, 0.3) is 128 Å². The standard InChI is InChI=1S/C63H40N4O/c1-6-19-41(20-7-1)45-33-35-48(42-21-8-2-9-22-42)55(39-45)46-34-36-49(56(40-46)63-65-61(43-23-10-3-11-24-43)64-62(66-63)44-25-12-4-13-26-44)52-30-18-31-53-54-38-37-51-50-29-16-17-32-57(50)67(47-27-14-5-15-28-47)58(51)60(54)68-59(52)53/h1-40H. The third kappa shape index (κ3) is 6.68. The fourth-order valence-corrected chi connectivity index (χ4v) is 9.88. The summed E-state index contributed by atoms with van der Waals surface area (Å²) in [6, 6.07) is 85.1. The van der Waals surface area contributed by atoms with Gasteiger partial charge in [-0.1, -0.05) is 206 Å². The van der Waals surface area contributed by atoms with Crippen LogP contribution in [-0.4, -0.2) is 19.5 Å². The zero-order chi connectivity index (χ0) is 45.0. The van der Waals surface area contributed by atoms with Gasteiger partial charge in [-0.2, -0.15) is 0 Å². The van der Waals surface area contributed by atoms with Crippen LogP contribution >= 0.6 is 0 Å². The Hall–Kier alpha value is -9.19.